The fourth-order valence-corrected chi connectivity index (χ4v) is 4.80. The molecule has 0 unspecified atom stereocenters. The average Bonchev–Trinajstić information content (AvgIpc) is 2.83. The van der Waals surface area contributed by atoms with Crippen molar-refractivity contribution in [1.82, 2.24) is 19.7 Å². The van der Waals surface area contributed by atoms with Crippen LogP contribution in [0.3, 0.4) is 0 Å². The summed E-state index contributed by atoms with van der Waals surface area (Å²) in [5, 5.41) is 14.7. The first-order valence-electron chi connectivity index (χ1n) is 10.4. The number of nitro groups is 1. The second kappa shape index (κ2) is 11.1. The number of nitrogens with one attached hydrogen (secondary N) is 3. The summed E-state index contributed by atoms with van der Waals surface area (Å²) in [5.41, 5.74) is 4.73. The van der Waals surface area contributed by atoms with Crippen LogP contribution in [0.5, 0.6) is 0 Å². The zero-order valence-electron chi connectivity index (χ0n) is 18.7. The highest BCUT2D eigenvalue weighted by Gasteiger charge is 2.25. The highest BCUT2D eigenvalue weighted by molar-refractivity contribution is 7.89. The molecule has 0 saturated heterocycles. The summed E-state index contributed by atoms with van der Waals surface area (Å²) in [6, 6.07) is 12.0. The van der Waals surface area contributed by atoms with E-state index in [-0.39, 0.29) is 27.1 Å². The van der Waals surface area contributed by atoms with E-state index in [1.54, 1.807) is 26.0 Å². The fraction of sp³-hybridized carbons (Fsp3) is 0.190. The topological polar surface area (TPSA) is 159 Å². The van der Waals surface area contributed by atoms with Crippen molar-refractivity contribution in [2.45, 2.75) is 18.7 Å². The molecule has 1 aromatic heterocycles. The zero-order valence-corrected chi connectivity index (χ0v) is 20.3. The molecule has 12 nitrogen and oxygen atoms in total. The quantitative estimate of drug-likeness (QED) is 0.268. The Morgan fingerprint density at radius 3 is 2.29 bits per heavy atom. The van der Waals surface area contributed by atoms with Crippen LogP contribution < -0.4 is 16.2 Å². The second-order valence-electron chi connectivity index (χ2n) is 6.97. The normalized spacial score (nSPS) is 11.2. The van der Waals surface area contributed by atoms with Gasteiger partial charge in [0.15, 0.2) is 0 Å². The molecule has 3 N–H and O–H groups in total. The fourth-order valence-electron chi connectivity index (χ4n) is 3.12. The minimum absolute atomic E-state index is 0.0913. The van der Waals surface area contributed by atoms with Crippen LogP contribution in [-0.2, 0) is 10.0 Å². The second-order valence-corrected chi connectivity index (χ2v) is 9.32. The van der Waals surface area contributed by atoms with Crippen LogP contribution in [0, 0.1) is 10.1 Å². The van der Waals surface area contributed by atoms with Gasteiger partial charge in [0.1, 0.15) is 6.33 Å². The van der Waals surface area contributed by atoms with Gasteiger partial charge in [-0.3, -0.25) is 25.8 Å². The third kappa shape index (κ3) is 5.82. The summed E-state index contributed by atoms with van der Waals surface area (Å²) >= 11 is 6.00. The minimum atomic E-state index is -3.65. The highest BCUT2D eigenvalue weighted by Crippen LogP contribution is 2.31. The third-order valence-electron chi connectivity index (χ3n) is 4.88. The number of benzene rings is 2. The van der Waals surface area contributed by atoms with Gasteiger partial charge in [0.2, 0.25) is 21.7 Å². The average molecular weight is 520 g/mol. The molecule has 1 heterocycles. The number of aromatic nitrogens is 2. The monoisotopic (exact) mass is 519 g/mol. The first kappa shape index (κ1) is 25.8. The van der Waals surface area contributed by atoms with Crippen LogP contribution >= 0.6 is 11.6 Å². The maximum atomic E-state index is 12.6. The third-order valence-corrected chi connectivity index (χ3v) is 7.27. The number of amides is 1. The van der Waals surface area contributed by atoms with Crippen LogP contribution in [0.25, 0.3) is 0 Å². The molecule has 184 valence electrons. The number of hydrazine groups is 1. The van der Waals surface area contributed by atoms with E-state index in [1.165, 1.54) is 40.7 Å². The summed E-state index contributed by atoms with van der Waals surface area (Å²) in [5.74, 6) is -1.06. The molecule has 0 bridgehead atoms. The van der Waals surface area contributed by atoms with E-state index < -0.39 is 26.5 Å². The molecule has 1 amide bonds. The molecule has 0 radical (unpaired) electrons. The molecule has 0 aliphatic heterocycles. The lowest BCUT2D eigenvalue weighted by Gasteiger charge is -2.18. The van der Waals surface area contributed by atoms with Gasteiger partial charge in [-0.15, -0.1) is 0 Å². The van der Waals surface area contributed by atoms with Crippen molar-refractivity contribution in [3.63, 3.8) is 0 Å². The maximum Gasteiger partial charge on any atom is 0.355 e. The van der Waals surface area contributed by atoms with Crippen LogP contribution in [0.15, 0.2) is 59.8 Å². The van der Waals surface area contributed by atoms with Gasteiger partial charge in [0.25, 0.3) is 5.91 Å². The van der Waals surface area contributed by atoms with E-state index in [9.17, 15) is 23.3 Å². The van der Waals surface area contributed by atoms with Gasteiger partial charge in [0.05, 0.1) is 20.4 Å². The van der Waals surface area contributed by atoms with Crippen molar-refractivity contribution in [2.75, 3.05) is 23.8 Å². The molecule has 35 heavy (non-hydrogen) atoms. The molecular weight excluding hydrogens is 498 g/mol. The number of carbonyl (C=O) groups excluding carboxylic acids is 1. The van der Waals surface area contributed by atoms with E-state index in [2.05, 4.69) is 26.1 Å². The zero-order chi connectivity index (χ0) is 25.6. The Kier molecular flexibility index (Phi) is 8.17. The standard InChI is InChI=1S/C21H22ClN7O5S/c1-3-28(4-2)35(33,34)15-11-9-14(10-12-15)25-19-18(29(31)32)20(24-13-23-19)26-27-21(30)16-7-5-6-8-17(16)22/h5-13H,3-4H2,1-2H3,(H,27,30)(H2,23,24,25,26). The van der Waals surface area contributed by atoms with E-state index in [0.29, 0.717) is 18.8 Å². The van der Waals surface area contributed by atoms with Crippen LogP contribution in [-0.4, -0.2) is 46.6 Å². The first-order chi connectivity index (χ1) is 16.7. The smallest absolute Gasteiger partial charge is 0.334 e. The van der Waals surface area contributed by atoms with Gasteiger partial charge < -0.3 is 5.32 Å². The Bertz CT molecular complexity index is 1330. The Morgan fingerprint density at radius 2 is 1.69 bits per heavy atom. The molecule has 0 saturated carbocycles. The Hall–Kier alpha value is -3.81. The van der Waals surface area contributed by atoms with Gasteiger partial charge in [-0.25, -0.2) is 18.4 Å². The number of hydrogen-bond acceptors (Lipinski definition) is 9. The minimum Gasteiger partial charge on any atom is -0.334 e. The van der Waals surface area contributed by atoms with Crippen molar-refractivity contribution >= 4 is 50.5 Å². The van der Waals surface area contributed by atoms with E-state index in [1.807, 2.05) is 0 Å². The predicted molar refractivity (Wildman–Crippen MR) is 131 cm³/mol. The summed E-state index contributed by atoms with van der Waals surface area (Å²) in [6.07, 6.45) is 1.07. The lowest BCUT2D eigenvalue weighted by molar-refractivity contribution is -0.383. The van der Waals surface area contributed by atoms with Crippen LogP contribution in [0.2, 0.25) is 5.02 Å². The molecule has 3 rings (SSSR count). The van der Waals surface area contributed by atoms with E-state index in [0.717, 1.165) is 6.33 Å². The highest BCUT2D eigenvalue weighted by atomic mass is 35.5. The molecule has 0 aliphatic rings. The summed E-state index contributed by atoms with van der Waals surface area (Å²) in [6.45, 7) is 4.14. The SMILES string of the molecule is CCN(CC)S(=O)(=O)c1ccc(Nc2ncnc(NNC(=O)c3ccccc3Cl)c2[N+](=O)[O-])cc1. The van der Waals surface area contributed by atoms with Crippen molar-refractivity contribution in [2.24, 2.45) is 0 Å². The van der Waals surface area contributed by atoms with Gasteiger partial charge >= 0.3 is 5.69 Å². The van der Waals surface area contributed by atoms with Crippen molar-refractivity contribution in [1.29, 1.82) is 0 Å². The molecule has 2 aromatic carbocycles. The molecular formula is C21H22ClN7O5S. The van der Waals surface area contributed by atoms with Gasteiger partial charge in [-0.1, -0.05) is 37.6 Å². The van der Waals surface area contributed by atoms with Crippen molar-refractivity contribution in [3.05, 3.63) is 75.6 Å². The Balaban J connectivity index is 1.82. The van der Waals surface area contributed by atoms with Gasteiger partial charge in [0, 0.05) is 18.8 Å². The van der Waals surface area contributed by atoms with Gasteiger partial charge in [-0.2, -0.15) is 4.31 Å². The summed E-state index contributed by atoms with van der Waals surface area (Å²) in [7, 11) is -3.65. The van der Waals surface area contributed by atoms with E-state index >= 15 is 0 Å². The molecule has 0 spiro atoms. The molecule has 0 fully saturated rings. The maximum absolute atomic E-state index is 12.6. The number of halogens is 1. The van der Waals surface area contributed by atoms with Crippen molar-refractivity contribution in [3.8, 4) is 0 Å². The number of hydrogen-bond donors (Lipinski definition) is 3. The number of carbonyl (C=O) groups is 1. The van der Waals surface area contributed by atoms with Crippen LogP contribution in [0.1, 0.15) is 24.2 Å². The molecule has 14 heteroatoms. The number of nitrogens with zero attached hydrogens (tertiary/aromatic N) is 4. The van der Waals surface area contributed by atoms with Gasteiger partial charge in [-0.05, 0) is 36.4 Å². The summed E-state index contributed by atoms with van der Waals surface area (Å²) < 4.78 is 26.6. The molecule has 0 aliphatic carbocycles. The first-order valence-corrected chi connectivity index (χ1v) is 12.2. The number of sulfonamides is 1. The summed E-state index contributed by atoms with van der Waals surface area (Å²) in [4.78, 5) is 31.2. The van der Waals surface area contributed by atoms with Crippen molar-refractivity contribution < 1.29 is 18.1 Å². The Labute approximate surface area is 206 Å². The number of rotatable bonds is 10. The molecule has 3 aromatic rings. The van der Waals surface area contributed by atoms with Crippen LogP contribution in [0.4, 0.5) is 23.0 Å². The lowest BCUT2D eigenvalue weighted by Crippen LogP contribution is -2.30. The van der Waals surface area contributed by atoms with E-state index in [4.69, 9.17) is 11.6 Å². The largest absolute Gasteiger partial charge is 0.355 e. The number of anilines is 3. The lowest BCUT2D eigenvalue weighted by atomic mass is 10.2. The molecule has 0 atom stereocenters. The predicted octanol–water partition coefficient (Wildman–Crippen LogP) is 3.57. The Morgan fingerprint density at radius 1 is 1.06 bits per heavy atom.